The second kappa shape index (κ2) is 6.37. The highest BCUT2D eigenvalue weighted by Gasteiger charge is 2.39. The van der Waals surface area contributed by atoms with Crippen LogP contribution < -0.4 is 5.32 Å². The molecule has 4 nitrogen and oxygen atoms in total. The molecule has 0 unspecified atom stereocenters. The van der Waals surface area contributed by atoms with Crippen LogP contribution in [0.25, 0.3) is 0 Å². The molecule has 1 aliphatic carbocycles. The van der Waals surface area contributed by atoms with Crippen LogP contribution >= 0.6 is 0 Å². The summed E-state index contributed by atoms with van der Waals surface area (Å²) in [6.45, 7) is 2.51. The number of carbonyl (C=O) groups excluding carboxylic acids is 2. The van der Waals surface area contributed by atoms with Gasteiger partial charge in [-0.3, -0.25) is 9.59 Å². The number of piperidine rings is 2. The summed E-state index contributed by atoms with van der Waals surface area (Å²) in [5.74, 6) is 0.216. The smallest absolute Gasteiger partial charge is 0.226 e. The fraction of sp³-hybridized carbons (Fsp3) is 0.882. The van der Waals surface area contributed by atoms with E-state index in [0.29, 0.717) is 18.4 Å². The molecule has 1 N–H and O–H groups in total. The van der Waals surface area contributed by atoms with Crippen molar-refractivity contribution in [3.05, 3.63) is 0 Å². The standard InChI is InChI=1S/C17H28N2O2/c20-15-12-14(6-10-18-15)16(21)19-11-5-9-17(13-19)7-3-1-2-4-8-17/h14H,1-13H2,(H,18,20)/t14-/m0/s1. The summed E-state index contributed by atoms with van der Waals surface area (Å²) < 4.78 is 0. The average Bonchev–Trinajstić information content (AvgIpc) is 2.72. The van der Waals surface area contributed by atoms with E-state index in [9.17, 15) is 9.59 Å². The van der Waals surface area contributed by atoms with Gasteiger partial charge in [-0.15, -0.1) is 0 Å². The molecule has 1 spiro atoms. The molecular formula is C17H28N2O2. The first-order valence-corrected chi connectivity index (χ1v) is 8.74. The Bertz CT molecular complexity index is 400. The maximum absolute atomic E-state index is 12.8. The minimum absolute atomic E-state index is 0.0424. The summed E-state index contributed by atoms with van der Waals surface area (Å²) in [5.41, 5.74) is 0.390. The van der Waals surface area contributed by atoms with E-state index in [4.69, 9.17) is 0 Å². The van der Waals surface area contributed by atoms with Crippen molar-refractivity contribution in [3.8, 4) is 0 Å². The average molecular weight is 292 g/mol. The van der Waals surface area contributed by atoms with Crippen molar-refractivity contribution in [1.82, 2.24) is 10.2 Å². The fourth-order valence-corrected chi connectivity index (χ4v) is 4.54. The van der Waals surface area contributed by atoms with Gasteiger partial charge in [-0.1, -0.05) is 25.7 Å². The maximum Gasteiger partial charge on any atom is 0.226 e. The Hall–Kier alpha value is -1.06. The van der Waals surface area contributed by atoms with Crippen LogP contribution in [-0.4, -0.2) is 36.3 Å². The van der Waals surface area contributed by atoms with Crippen LogP contribution in [0.5, 0.6) is 0 Å². The third-order valence-corrected chi connectivity index (χ3v) is 5.73. The topological polar surface area (TPSA) is 49.4 Å². The van der Waals surface area contributed by atoms with Crippen molar-refractivity contribution in [2.24, 2.45) is 11.3 Å². The Morgan fingerprint density at radius 3 is 2.52 bits per heavy atom. The lowest BCUT2D eigenvalue weighted by molar-refractivity contribution is -0.143. The minimum Gasteiger partial charge on any atom is -0.356 e. The zero-order valence-electron chi connectivity index (χ0n) is 13.0. The number of rotatable bonds is 1. The summed E-state index contributed by atoms with van der Waals surface area (Å²) in [6, 6.07) is 0. The Balaban J connectivity index is 1.64. The van der Waals surface area contributed by atoms with E-state index in [-0.39, 0.29) is 17.7 Å². The predicted octanol–water partition coefficient (Wildman–Crippen LogP) is 2.48. The number of amides is 2. The van der Waals surface area contributed by atoms with Gasteiger partial charge in [-0.2, -0.15) is 0 Å². The Kier molecular flexibility index (Phi) is 4.51. The second-order valence-electron chi connectivity index (χ2n) is 7.32. The molecular weight excluding hydrogens is 264 g/mol. The van der Waals surface area contributed by atoms with Crippen LogP contribution in [-0.2, 0) is 9.59 Å². The molecule has 3 rings (SSSR count). The molecule has 3 aliphatic rings. The van der Waals surface area contributed by atoms with Crippen molar-refractivity contribution in [2.75, 3.05) is 19.6 Å². The van der Waals surface area contributed by atoms with Gasteiger partial charge in [-0.05, 0) is 37.5 Å². The lowest BCUT2D eigenvalue weighted by Gasteiger charge is -2.44. The van der Waals surface area contributed by atoms with E-state index in [1.807, 2.05) is 0 Å². The summed E-state index contributed by atoms with van der Waals surface area (Å²) >= 11 is 0. The van der Waals surface area contributed by atoms with Crippen LogP contribution in [0.3, 0.4) is 0 Å². The third-order valence-electron chi connectivity index (χ3n) is 5.73. The zero-order chi connectivity index (χ0) is 14.7. The number of nitrogens with zero attached hydrogens (tertiary/aromatic N) is 1. The Labute approximate surface area is 127 Å². The largest absolute Gasteiger partial charge is 0.356 e. The van der Waals surface area contributed by atoms with Gasteiger partial charge in [0.1, 0.15) is 0 Å². The highest BCUT2D eigenvalue weighted by atomic mass is 16.2. The molecule has 0 aromatic rings. The van der Waals surface area contributed by atoms with E-state index < -0.39 is 0 Å². The summed E-state index contributed by atoms with van der Waals surface area (Å²) in [4.78, 5) is 26.4. The molecule has 1 saturated carbocycles. The molecule has 0 bridgehead atoms. The van der Waals surface area contributed by atoms with Gasteiger partial charge >= 0.3 is 0 Å². The first-order chi connectivity index (χ1) is 10.2. The van der Waals surface area contributed by atoms with Crippen LogP contribution in [0.4, 0.5) is 0 Å². The summed E-state index contributed by atoms with van der Waals surface area (Å²) in [5, 5.41) is 2.83. The van der Waals surface area contributed by atoms with E-state index in [1.165, 1.54) is 44.9 Å². The van der Waals surface area contributed by atoms with Gasteiger partial charge in [0.25, 0.3) is 0 Å². The van der Waals surface area contributed by atoms with Crippen LogP contribution in [0.2, 0.25) is 0 Å². The number of likely N-dealkylation sites (tertiary alicyclic amines) is 1. The highest BCUT2D eigenvalue weighted by molar-refractivity contribution is 5.87. The van der Waals surface area contributed by atoms with Crippen molar-refractivity contribution >= 4 is 11.8 Å². The first-order valence-electron chi connectivity index (χ1n) is 8.74. The number of carbonyl (C=O) groups is 2. The molecule has 0 radical (unpaired) electrons. The van der Waals surface area contributed by atoms with Crippen molar-refractivity contribution < 1.29 is 9.59 Å². The maximum atomic E-state index is 12.8. The van der Waals surface area contributed by atoms with Crippen LogP contribution in [0.1, 0.15) is 64.2 Å². The zero-order valence-corrected chi connectivity index (χ0v) is 13.0. The lowest BCUT2D eigenvalue weighted by Crippen LogP contribution is -2.50. The quantitative estimate of drug-likeness (QED) is 0.807. The fourth-order valence-electron chi connectivity index (χ4n) is 4.54. The summed E-state index contributed by atoms with van der Waals surface area (Å²) in [6.07, 6.45) is 11.6. The Morgan fingerprint density at radius 2 is 1.81 bits per heavy atom. The SMILES string of the molecule is O=C1C[C@@H](C(=O)N2CCCC3(CCCCCC3)C2)CCN1. The van der Waals surface area contributed by atoms with Crippen molar-refractivity contribution in [2.45, 2.75) is 64.2 Å². The molecule has 1 atom stereocenters. The molecule has 2 aliphatic heterocycles. The third kappa shape index (κ3) is 3.41. The number of hydrogen-bond donors (Lipinski definition) is 1. The molecule has 4 heteroatoms. The van der Waals surface area contributed by atoms with Gasteiger partial charge < -0.3 is 10.2 Å². The number of hydrogen-bond acceptors (Lipinski definition) is 2. The van der Waals surface area contributed by atoms with Gasteiger partial charge in [0.2, 0.25) is 11.8 Å². The molecule has 2 amide bonds. The monoisotopic (exact) mass is 292 g/mol. The lowest BCUT2D eigenvalue weighted by atomic mass is 9.73. The Morgan fingerprint density at radius 1 is 1.10 bits per heavy atom. The van der Waals surface area contributed by atoms with Gasteiger partial charge in [0.15, 0.2) is 0 Å². The normalized spacial score (nSPS) is 29.8. The van der Waals surface area contributed by atoms with Gasteiger partial charge in [0, 0.05) is 32.0 Å². The predicted molar refractivity (Wildman–Crippen MR) is 81.7 cm³/mol. The molecule has 118 valence electrons. The first kappa shape index (κ1) is 14.9. The summed E-state index contributed by atoms with van der Waals surface area (Å²) in [7, 11) is 0. The highest BCUT2D eigenvalue weighted by Crippen LogP contribution is 2.42. The van der Waals surface area contributed by atoms with Gasteiger partial charge in [0.05, 0.1) is 0 Å². The van der Waals surface area contributed by atoms with Crippen molar-refractivity contribution in [1.29, 1.82) is 0 Å². The van der Waals surface area contributed by atoms with E-state index in [0.717, 1.165) is 25.9 Å². The van der Waals surface area contributed by atoms with Gasteiger partial charge in [-0.25, -0.2) is 0 Å². The molecule has 2 saturated heterocycles. The number of nitrogens with one attached hydrogen (secondary N) is 1. The molecule has 2 heterocycles. The molecule has 21 heavy (non-hydrogen) atoms. The molecule has 0 aromatic heterocycles. The minimum atomic E-state index is -0.0697. The molecule has 0 aromatic carbocycles. The molecule has 3 fully saturated rings. The van der Waals surface area contributed by atoms with E-state index >= 15 is 0 Å². The van der Waals surface area contributed by atoms with E-state index in [2.05, 4.69) is 10.2 Å². The van der Waals surface area contributed by atoms with Crippen LogP contribution in [0, 0.1) is 11.3 Å². The van der Waals surface area contributed by atoms with E-state index in [1.54, 1.807) is 0 Å². The second-order valence-corrected chi connectivity index (χ2v) is 7.32. The van der Waals surface area contributed by atoms with Crippen LogP contribution in [0.15, 0.2) is 0 Å². The van der Waals surface area contributed by atoms with Crippen molar-refractivity contribution in [3.63, 3.8) is 0 Å².